The van der Waals surface area contributed by atoms with Crippen molar-refractivity contribution < 1.29 is 29.0 Å². The molecule has 0 aromatic carbocycles. The van der Waals surface area contributed by atoms with Crippen molar-refractivity contribution in [1.29, 1.82) is 0 Å². The van der Waals surface area contributed by atoms with Gasteiger partial charge < -0.3 is 14.6 Å². The van der Waals surface area contributed by atoms with Crippen molar-refractivity contribution in [2.45, 2.75) is 18.4 Å². The molecule has 2 aliphatic rings. The van der Waals surface area contributed by atoms with Crippen molar-refractivity contribution in [2.75, 3.05) is 19.5 Å². The lowest BCUT2D eigenvalue weighted by atomic mass is 10.1. The number of hydrogen-bond acceptors (Lipinski definition) is 6. The van der Waals surface area contributed by atoms with E-state index >= 15 is 0 Å². The molecule has 0 aromatic rings. The highest BCUT2D eigenvalue weighted by Crippen LogP contribution is 2.41. The van der Waals surface area contributed by atoms with Crippen molar-refractivity contribution in [3.63, 3.8) is 0 Å². The Hall–Kier alpha value is -1.54. The highest BCUT2D eigenvalue weighted by atomic mass is 32.2. The Kier molecular flexibility index (Phi) is 3.81. The second-order valence-corrected chi connectivity index (χ2v) is 5.21. The Morgan fingerprint density at radius 1 is 1.53 bits per heavy atom. The minimum atomic E-state index is -1.20. The van der Waals surface area contributed by atoms with Crippen LogP contribution in [0, 0.1) is 0 Å². The van der Waals surface area contributed by atoms with Crippen LogP contribution in [0.3, 0.4) is 0 Å². The number of aliphatic carboxylic acids is 1. The molecule has 2 heterocycles. The highest BCUT2D eigenvalue weighted by molar-refractivity contribution is 8.00. The van der Waals surface area contributed by atoms with Gasteiger partial charge in [0.25, 0.3) is 5.91 Å². The second-order valence-electron chi connectivity index (χ2n) is 4.10. The molecule has 0 aromatic heterocycles. The number of β-lactam (4-membered cyclic amide) rings is 1. The van der Waals surface area contributed by atoms with E-state index in [4.69, 9.17) is 9.47 Å². The molecule has 2 aliphatic heterocycles. The summed E-state index contributed by atoms with van der Waals surface area (Å²) in [5.74, 6) is -1.68. The van der Waals surface area contributed by atoms with E-state index in [2.05, 4.69) is 0 Å². The van der Waals surface area contributed by atoms with Gasteiger partial charge in [-0.15, -0.1) is 11.8 Å². The van der Waals surface area contributed by atoms with E-state index < -0.39 is 18.0 Å². The molecule has 0 aliphatic carbocycles. The van der Waals surface area contributed by atoms with E-state index in [-0.39, 0.29) is 23.6 Å². The van der Waals surface area contributed by atoms with Crippen LogP contribution in [-0.2, 0) is 23.9 Å². The topological polar surface area (TPSA) is 93.1 Å². The van der Waals surface area contributed by atoms with Crippen LogP contribution >= 0.6 is 11.8 Å². The number of carboxylic acid groups (broad SMARTS) is 1. The van der Waals surface area contributed by atoms with E-state index in [0.717, 1.165) is 0 Å². The van der Waals surface area contributed by atoms with Gasteiger partial charge in [-0.1, -0.05) is 0 Å². The summed E-state index contributed by atoms with van der Waals surface area (Å²) in [6.45, 7) is 1.13. The summed E-state index contributed by atoms with van der Waals surface area (Å²) in [6, 6.07) is 0. The van der Waals surface area contributed by atoms with Crippen molar-refractivity contribution >= 4 is 29.6 Å². The van der Waals surface area contributed by atoms with Crippen LogP contribution in [0.1, 0.15) is 6.92 Å². The van der Waals surface area contributed by atoms with E-state index in [1.807, 2.05) is 0 Å². The van der Waals surface area contributed by atoms with E-state index in [1.54, 1.807) is 0 Å². The molecule has 7 nitrogen and oxygen atoms in total. The molecule has 0 saturated carbocycles. The molecule has 8 heteroatoms. The minimum Gasteiger partial charge on any atom is -0.477 e. The van der Waals surface area contributed by atoms with Gasteiger partial charge in [-0.05, 0) is 0 Å². The summed E-state index contributed by atoms with van der Waals surface area (Å²) in [7, 11) is 1.42. The SMILES string of the molecule is COC1C(=O)N2C(C(=O)O)=C(COC(C)=O)CS[C@@H]12. The monoisotopic (exact) mass is 287 g/mol. The number of thioether (sulfide) groups is 1. The number of fused-ring (bicyclic) bond motifs is 1. The number of rotatable bonds is 4. The van der Waals surface area contributed by atoms with Crippen molar-refractivity contribution in [1.82, 2.24) is 4.90 Å². The number of carboxylic acids is 1. The summed E-state index contributed by atoms with van der Waals surface area (Å²) >= 11 is 1.40. The Morgan fingerprint density at radius 3 is 2.74 bits per heavy atom. The molecule has 2 atom stereocenters. The Bertz CT molecular complexity index is 474. The van der Waals surface area contributed by atoms with Gasteiger partial charge in [-0.25, -0.2) is 4.79 Å². The number of methoxy groups -OCH3 is 1. The maximum Gasteiger partial charge on any atom is 0.352 e. The van der Waals surface area contributed by atoms with E-state index in [0.29, 0.717) is 11.3 Å². The first-order chi connectivity index (χ1) is 8.97. The molecule has 19 heavy (non-hydrogen) atoms. The number of amides is 1. The van der Waals surface area contributed by atoms with E-state index in [1.165, 1.54) is 30.7 Å². The third kappa shape index (κ3) is 2.33. The molecular formula is C11H13NO6S. The summed E-state index contributed by atoms with van der Waals surface area (Å²) in [5, 5.41) is 8.92. The van der Waals surface area contributed by atoms with Gasteiger partial charge in [-0.2, -0.15) is 0 Å². The van der Waals surface area contributed by atoms with Crippen LogP contribution < -0.4 is 0 Å². The summed E-state index contributed by atoms with van der Waals surface area (Å²) in [4.78, 5) is 35.1. The van der Waals surface area contributed by atoms with Gasteiger partial charge in [0.15, 0.2) is 6.10 Å². The predicted molar refractivity (Wildman–Crippen MR) is 65.2 cm³/mol. The van der Waals surface area contributed by atoms with Gasteiger partial charge in [-0.3, -0.25) is 14.5 Å². The van der Waals surface area contributed by atoms with Crippen LogP contribution in [0.5, 0.6) is 0 Å². The van der Waals surface area contributed by atoms with E-state index in [9.17, 15) is 19.5 Å². The normalized spacial score (nSPS) is 25.8. The van der Waals surface area contributed by atoms with Gasteiger partial charge in [0.05, 0.1) is 0 Å². The Labute approximate surface area is 113 Å². The molecule has 0 radical (unpaired) electrons. The smallest absolute Gasteiger partial charge is 0.352 e. The number of nitrogens with zero attached hydrogens (tertiary/aromatic N) is 1. The zero-order valence-corrected chi connectivity index (χ0v) is 11.2. The third-order valence-corrected chi connectivity index (χ3v) is 4.22. The Balaban J connectivity index is 2.25. The standard InChI is InChI=1S/C11H13NO6S/c1-5(13)18-3-6-4-19-10-8(17-2)9(14)12(10)7(6)11(15)16/h8,10H,3-4H2,1-2H3,(H,15,16)/t8?,10-/m0/s1. The first-order valence-electron chi connectivity index (χ1n) is 5.53. The molecule has 1 unspecified atom stereocenters. The molecule has 1 N–H and O–H groups in total. The number of hydrogen-bond donors (Lipinski definition) is 1. The molecule has 2 rings (SSSR count). The fraction of sp³-hybridized carbons (Fsp3) is 0.545. The van der Waals surface area contributed by atoms with Crippen LogP contribution in [0.15, 0.2) is 11.3 Å². The number of esters is 1. The highest BCUT2D eigenvalue weighted by Gasteiger charge is 2.54. The first-order valence-corrected chi connectivity index (χ1v) is 6.58. The van der Waals surface area contributed by atoms with Gasteiger partial charge in [0.2, 0.25) is 0 Å². The number of ether oxygens (including phenoxy) is 2. The lowest BCUT2D eigenvalue weighted by molar-refractivity contribution is -0.162. The molecule has 1 saturated heterocycles. The van der Waals surface area contributed by atoms with Crippen molar-refractivity contribution in [3.8, 4) is 0 Å². The minimum absolute atomic E-state index is 0.0942. The maximum absolute atomic E-state index is 11.8. The Morgan fingerprint density at radius 2 is 2.21 bits per heavy atom. The molecule has 0 bridgehead atoms. The lowest BCUT2D eigenvalue weighted by Crippen LogP contribution is -2.65. The molecule has 104 valence electrons. The van der Waals surface area contributed by atoms with Crippen LogP contribution in [0.4, 0.5) is 0 Å². The number of carbonyl (C=O) groups excluding carboxylic acids is 2. The number of carbonyl (C=O) groups is 3. The fourth-order valence-electron chi connectivity index (χ4n) is 2.03. The average molecular weight is 287 g/mol. The first kappa shape index (κ1) is 13.9. The lowest BCUT2D eigenvalue weighted by Gasteiger charge is -2.48. The molecular weight excluding hydrogens is 274 g/mol. The summed E-state index contributed by atoms with van der Waals surface area (Å²) < 4.78 is 9.83. The summed E-state index contributed by atoms with van der Waals surface area (Å²) in [6.07, 6.45) is -0.602. The second kappa shape index (κ2) is 5.22. The zero-order valence-electron chi connectivity index (χ0n) is 10.4. The quantitative estimate of drug-likeness (QED) is 0.566. The van der Waals surface area contributed by atoms with Gasteiger partial charge in [0, 0.05) is 25.4 Å². The largest absolute Gasteiger partial charge is 0.477 e. The van der Waals surface area contributed by atoms with Crippen LogP contribution in [0.25, 0.3) is 0 Å². The molecule has 1 fully saturated rings. The van der Waals surface area contributed by atoms with Gasteiger partial charge >= 0.3 is 11.9 Å². The summed E-state index contributed by atoms with van der Waals surface area (Å²) in [5.41, 5.74) is 0.329. The van der Waals surface area contributed by atoms with Crippen molar-refractivity contribution in [3.05, 3.63) is 11.3 Å². The third-order valence-electron chi connectivity index (χ3n) is 2.90. The average Bonchev–Trinajstić information content (AvgIpc) is 2.35. The molecule has 1 amide bonds. The van der Waals surface area contributed by atoms with Crippen LogP contribution in [0.2, 0.25) is 0 Å². The molecule has 0 spiro atoms. The van der Waals surface area contributed by atoms with Crippen molar-refractivity contribution in [2.24, 2.45) is 0 Å². The van der Waals surface area contributed by atoms with Crippen LogP contribution in [-0.4, -0.2) is 58.8 Å². The maximum atomic E-state index is 11.8. The zero-order chi connectivity index (χ0) is 14.2. The predicted octanol–water partition coefficient (Wildman–Crippen LogP) is -0.182. The van der Waals surface area contributed by atoms with Gasteiger partial charge in [0.1, 0.15) is 17.7 Å². The fourth-order valence-corrected chi connectivity index (χ4v) is 3.38.